The Bertz CT molecular complexity index is 685. The fourth-order valence-electron chi connectivity index (χ4n) is 1.65. The van der Waals surface area contributed by atoms with E-state index in [1.165, 1.54) is 13.1 Å². The zero-order valence-corrected chi connectivity index (χ0v) is 10.2. The molecule has 0 aliphatic heterocycles. The molecule has 1 aromatic carbocycles. The summed E-state index contributed by atoms with van der Waals surface area (Å²) in [7, 11) is -3.36. The second kappa shape index (κ2) is 3.89. The van der Waals surface area contributed by atoms with Gasteiger partial charge in [-0.1, -0.05) is 6.07 Å². The van der Waals surface area contributed by atoms with Crippen LogP contribution in [0.1, 0.15) is 6.92 Å². The first-order valence-electron chi connectivity index (χ1n) is 4.88. The molecule has 17 heavy (non-hydrogen) atoms. The second-order valence-electron chi connectivity index (χ2n) is 3.66. The van der Waals surface area contributed by atoms with E-state index in [-0.39, 0.29) is 0 Å². The SMILES string of the molecule is CC(=O)Oc1cccc2c1ccn2S(C)(=O)=O. The van der Waals surface area contributed by atoms with E-state index in [0.29, 0.717) is 16.7 Å². The van der Waals surface area contributed by atoms with Gasteiger partial charge in [-0.2, -0.15) is 0 Å². The van der Waals surface area contributed by atoms with Crippen LogP contribution in [0, 0.1) is 0 Å². The van der Waals surface area contributed by atoms with Gasteiger partial charge >= 0.3 is 5.97 Å². The number of fused-ring (bicyclic) bond motifs is 1. The van der Waals surface area contributed by atoms with E-state index in [4.69, 9.17) is 4.74 Å². The molecule has 90 valence electrons. The number of hydrogen-bond donors (Lipinski definition) is 0. The van der Waals surface area contributed by atoms with E-state index in [2.05, 4.69) is 0 Å². The summed E-state index contributed by atoms with van der Waals surface area (Å²) in [6, 6.07) is 6.52. The Balaban J connectivity index is 2.69. The minimum Gasteiger partial charge on any atom is -0.426 e. The minimum atomic E-state index is -3.36. The minimum absolute atomic E-state index is 0.359. The van der Waals surface area contributed by atoms with Crippen molar-refractivity contribution in [1.29, 1.82) is 0 Å². The molecule has 0 bridgehead atoms. The van der Waals surface area contributed by atoms with E-state index in [1.54, 1.807) is 24.3 Å². The van der Waals surface area contributed by atoms with Crippen LogP contribution in [-0.4, -0.2) is 24.6 Å². The Kier molecular flexibility index (Phi) is 2.66. The maximum Gasteiger partial charge on any atom is 0.308 e. The molecule has 6 heteroatoms. The third kappa shape index (κ3) is 2.16. The molecule has 1 heterocycles. The highest BCUT2D eigenvalue weighted by atomic mass is 32.2. The van der Waals surface area contributed by atoms with Crippen LogP contribution in [0.15, 0.2) is 30.5 Å². The van der Waals surface area contributed by atoms with Crippen molar-refractivity contribution in [3.8, 4) is 5.75 Å². The first-order valence-corrected chi connectivity index (χ1v) is 6.73. The number of rotatable bonds is 2. The number of esters is 1. The van der Waals surface area contributed by atoms with E-state index in [0.717, 1.165) is 10.2 Å². The van der Waals surface area contributed by atoms with Crippen LogP contribution in [0.25, 0.3) is 10.9 Å². The van der Waals surface area contributed by atoms with Gasteiger partial charge in [-0.3, -0.25) is 4.79 Å². The van der Waals surface area contributed by atoms with E-state index < -0.39 is 16.0 Å². The van der Waals surface area contributed by atoms with Gasteiger partial charge in [-0.15, -0.1) is 0 Å². The predicted octanol–water partition coefficient (Wildman–Crippen LogP) is 1.37. The van der Waals surface area contributed by atoms with Crippen LogP contribution in [0.2, 0.25) is 0 Å². The molecule has 0 unspecified atom stereocenters. The Hall–Kier alpha value is -1.82. The van der Waals surface area contributed by atoms with Crippen molar-refractivity contribution >= 4 is 26.9 Å². The van der Waals surface area contributed by atoms with Crippen LogP contribution in [0.3, 0.4) is 0 Å². The molecule has 0 saturated carbocycles. The van der Waals surface area contributed by atoms with Crippen molar-refractivity contribution in [2.45, 2.75) is 6.92 Å². The van der Waals surface area contributed by atoms with Gasteiger partial charge in [-0.25, -0.2) is 12.4 Å². The van der Waals surface area contributed by atoms with E-state index in [1.807, 2.05) is 0 Å². The first kappa shape index (κ1) is 11.7. The van der Waals surface area contributed by atoms with Gasteiger partial charge in [0.15, 0.2) is 0 Å². The Morgan fingerprint density at radius 3 is 2.59 bits per heavy atom. The van der Waals surface area contributed by atoms with Crippen molar-refractivity contribution in [2.75, 3.05) is 6.26 Å². The van der Waals surface area contributed by atoms with Crippen molar-refractivity contribution in [1.82, 2.24) is 3.97 Å². The molecule has 1 aromatic heterocycles. The van der Waals surface area contributed by atoms with Crippen LogP contribution in [-0.2, 0) is 14.8 Å². The van der Waals surface area contributed by atoms with E-state index in [9.17, 15) is 13.2 Å². The molecule has 2 aromatic rings. The lowest BCUT2D eigenvalue weighted by Crippen LogP contribution is -2.08. The quantitative estimate of drug-likeness (QED) is 0.599. The number of nitrogens with zero attached hydrogens (tertiary/aromatic N) is 1. The van der Waals surface area contributed by atoms with Gasteiger partial charge in [0.05, 0.1) is 11.8 Å². The van der Waals surface area contributed by atoms with Crippen LogP contribution in [0.4, 0.5) is 0 Å². The number of benzene rings is 1. The molecule has 0 atom stereocenters. The lowest BCUT2D eigenvalue weighted by Gasteiger charge is -2.04. The number of carbonyl (C=O) groups excluding carboxylic acids is 1. The largest absolute Gasteiger partial charge is 0.426 e. The highest BCUT2D eigenvalue weighted by Crippen LogP contribution is 2.27. The molecule has 0 amide bonds. The van der Waals surface area contributed by atoms with E-state index >= 15 is 0 Å². The topological polar surface area (TPSA) is 65.4 Å². The van der Waals surface area contributed by atoms with Gasteiger partial charge in [0.1, 0.15) is 5.75 Å². The summed E-state index contributed by atoms with van der Waals surface area (Å²) in [5.41, 5.74) is 0.492. The maximum absolute atomic E-state index is 11.5. The first-order chi connectivity index (χ1) is 7.89. The van der Waals surface area contributed by atoms with Gasteiger partial charge in [0, 0.05) is 18.5 Å². The van der Waals surface area contributed by atoms with Crippen molar-refractivity contribution in [3.63, 3.8) is 0 Å². The maximum atomic E-state index is 11.5. The Morgan fingerprint density at radius 2 is 2.00 bits per heavy atom. The van der Waals surface area contributed by atoms with Crippen molar-refractivity contribution in [3.05, 3.63) is 30.5 Å². The molecule has 0 aliphatic carbocycles. The average molecular weight is 253 g/mol. The highest BCUT2D eigenvalue weighted by Gasteiger charge is 2.13. The molecular formula is C11H11NO4S. The summed E-state index contributed by atoms with van der Waals surface area (Å²) < 4.78 is 29.1. The van der Waals surface area contributed by atoms with Crippen molar-refractivity contribution in [2.24, 2.45) is 0 Å². The number of aromatic nitrogens is 1. The Labute approximate surface area is 98.7 Å². The molecule has 0 saturated heterocycles. The van der Waals surface area contributed by atoms with Crippen LogP contribution in [0.5, 0.6) is 5.75 Å². The molecule has 0 spiro atoms. The third-order valence-corrected chi connectivity index (χ3v) is 3.30. The highest BCUT2D eigenvalue weighted by molar-refractivity contribution is 7.89. The molecule has 0 radical (unpaired) electrons. The van der Waals surface area contributed by atoms with Gasteiger partial charge < -0.3 is 4.74 Å². The summed E-state index contributed by atoms with van der Waals surface area (Å²) in [4.78, 5) is 10.9. The average Bonchev–Trinajstić information content (AvgIpc) is 2.60. The monoisotopic (exact) mass is 253 g/mol. The van der Waals surface area contributed by atoms with Crippen LogP contribution < -0.4 is 4.74 Å². The predicted molar refractivity (Wildman–Crippen MR) is 63.5 cm³/mol. The summed E-state index contributed by atoms with van der Waals surface area (Å²) in [6.07, 6.45) is 2.55. The molecule has 0 aliphatic rings. The summed E-state index contributed by atoms with van der Waals surface area (Å²) >= 11 is 0. The summed E-state index contributed by atoms with van der Waals surface area (Å²) in [5, 5.41) is 0.591. The number of ether oxygens (including phenoxy) is 1. The third-order valence-electron chi connectivity index (χ3n) is 2.27. The second-order valence-corrected chi connectivity index (χ2v) is 5.52. The molecule has 2 rings (SSSR count). The lowest BCUT2D eigenvalue weighted by atomic mass is 10.2. The molecular weight excluding hydrogens is 242 g/mol. The fraction of sp³-hybridized carbons (Fsp3) is 0.182. The number of hydrogen-bond acceptors (Lipinski definition) is 4. The molecule has 0 N–H and O–H groups in total. The summed E-state index contributed by atoms with van der Waals surface area (Å²) in [5.74, 6) is -0.0815. The fourth-order valence-corrected chi connectivity index (χ4v) is 2.45. The van der Waals surface area contributed by atoms with Crippen molar-refractivity contribution < 1.29 is 17.9 Å². The van der Waals surface area contributed by atoms with Crippen LogP contribution >= 0.6 is 0 Å². The standard InChI is InChI=1S/C11H11NO4S/c1-8(13)16-11-5-3-4-10-9(11)6-7-12(10)17(2,14)15/h3-7H,1-2H3. The number of carbonyl (C=O) groups is 1. The van der Waals surface area contributed by atoms with Gasteiger partial charge in [0.25, 0.3) is 0 Å². The smallest absolute Gasteiger partial charge is 0.308 e. The zero-order valence-electron chi connectivity index (χ0n) is 9.38. The Morgan fingerprint density at radius 1 is 1.29 bits per heavy atom. The lowest BCUT2D eigenvalue weighted by molar-refractivity contribution is -0.131. The summed E-state index contributed by atoms with van der Waals surface area (Å²) in [6.45, 7) is 1.30. The molecule has 5 nitrogen and oxygen atoms in total. The normalized spacial score (nSPS) is 11.6. The molecule has 0 fully saturated rings. The van der Waals surface area contributed by atoms with Gasteiger partial charge in [-0.05, 0) is 18.2 Å². The van der Waals surface area contributed by atoms with Gasteiger partial charge in [0.2, 0.25) is 10.0 Å². The zero-order chi connectivity index (χ0) is 12.6.